The van der Waals surface area contributed by atoms with Crippen molar-refractivity contribution in [3.63, 3.8) is 0 Å². The fourth-order valence-corrected chi connectivity index (χ4v) is 1.12. The first-order valence-electron chi connectivity index (χ1n) is 5.25. The summed E-state index contributed by atoms with van der Waals surface area (Å²) in [5.41, 5.74) is -0.935. The van der Waals surface area contributed by atoms with Crippen LogP contribution in [0.4, 0.5) is 0 Å². The minimum Gasteiger partial charge on any atom is -0.489 e. The Morgan fingerprint density at radius 1 is 1.33 bits per heavy atom. The average Bonchev–Trinajstić information content (AvgIpc) is 2.42. The molecule has 0 aliphatic rings. The fourth-order valence-electron chi connectivity index (χ4n) is 1.12. The quantitative estimate of drug-likeness (QED) is 0.575. The molecular weight excluding hydrogens is 240 g/mol. The monoisotopic (exact) mass is 256 g/mol. The summed E-state index contributed by atoms with van der Waals surface area (Å²) in [5, 5.41) is 0. The number of rotatable bonds is 3. The second-order valence-corrected chi connectivity index (χ2v) is 2.83. The average molecular weight is 256 g/mol. The summed E-state index contributed by atoms with van der Waals surface area (Å²) in [6.07, 6.45) is 0.368. The van der Waals surface area contributed by atoms with Crippen molar-refractivity contribution in [3.05, 3.63) is 21.9 Å². The van der Waals surface area contributed by atoms with Crippen LogP contribution in [-0.2, 0) is 11.8 Å². The smallest absolute Gasteiger partial charge is 0.360 e. The zero-order valence-electron chi connectivity index (χ0n) is 11.0. The van der Waals surface area contributed by atoms with Gasteiger partial charge in [-0.25, -0.2) is 9.78 Å². The van der Waals surface area contributed by atoms with Crippen LogP contribution < -0.4 is 10.3 Å². The van der Waals surface area contributed by atoms with Crippen molar-refractivity contribution in [3.8, 4) is 5.75 Å². The number of ether oxygens (including phenoxy) is 2. The molecule has 0 bridgehead atoms. The second-order valence-electron chi connectivity index (χ2n) is 2.83. The molecule has 0 saturated heterocycles. The minimum absolute atomic E-state index is 0.175. The lowest BCUT2D eigenvalue weighted by atomic mass is 10.3. The van der Waals surface area contributed by atoms with E-state index in [9.17, 15) is 14.4 Å². The van der Waals surface area contributed by atoms with Gasteiger partial charge in [-0.1, -0.05) is 13.8 Å². The summed E-state index contributed by atoms with van der Waals surface area (Å²) in [6, 6.07) is 0. The lowest BCUT2D eigenvalue weighted by Gasteiger charge is -2.08. The Labute approximate surface area is 104 Å². The van der Waals surface area contributed by atoms with E-state index in [1.165, 1.54) is 14.2 Å². The first-order chi connectivity index (χ1) is 8.56. The highest BCUT2D eigenvalue weighted by Gasteiger charge is 2.21. The SMILES string of the molecule is CC.COC(=O)c1nc(C=O)n(C)c(=O)c1OC. The summed E-state index contributed by atoms with van der Waals surface area (Å²) in [7, 11) is 3.72. The molecule has 0 amide bonds. The van der Waals surface area contributed by atoms with Crippen LogP contribution >= 0.6 is 0 Å². The maximum atomic E-state index is 11.7. The number of carbonyl (C=O) groups is 2. The highest BCUT2D eigenvalue weighted by molar-refractivity contribution is 5.90. The van der Waals surface area contributed by atoms with E-state index in [0.717, 1.165) is 11.7 Å². The standard InChI is InChI=1S/C9H10N2O5.C2H6/c1-11-5(4-12)10-6(9(14)16-3)7(15-2)8(11)13;1-2/h4H,1-3H3;1-2H3. The predicted octanol–water partition coefficient (Wildman–Crippen LogP) is 0.414. The molecule has 0 atom stereocenters. The predicted molar refractivity (Wildman–Crippen MR) is 64.1 cm³/mol. The molecule has 0 spiro atoms. The van der Waals surface area contributed by atoms with Crippen molar-refractivity contribution >= 4 is 12.3 Å². The number of aldehydes is 1. The maximum absolute atomic E-state index is 11.7. The molecule has 100 valence electrons. The van der Waals surface area contributed by atoms with Gasteiger partial charge in [0.1, 0.15) is 0 Å². The van der Waals surface area contributed by atoms with E-state index < -0.39 is 11.5 Å². The highest BCUT2D eigenvalue weighted by Crippen LogP contribution is 2.11. The molecule has 1 heterocycles. The Bertz CT molecular complexity index is 493. The third-order valence-corrected chi connectivity index (χ3v) is 1.97. The van der Waals surface area contributed by atoms with E-state index in [-0.39, 0.29) is 17.3 Å². The Hall–Kier alpha value is -2.18. The van der Waals surface area contributed by atoms with Gasteiger partial charge < -0.3 is 9.47 Å². The largest absolute Gasteiger partial charge is 0.489 e. The van der Waals surface area contributed by atoms with E-state index in [2.05, 4.69) is 9.72 Å². The van der Waals surface area contributed by atoms with Gasteiger partial charge in [-0.05, 0) is 0 Å². The summed E-state index contributed by atoms with van der Waals surface area (Å²) >= 11 is 0. The van der Waals surface area contributed by atoms with Crippen molar-refractivity contribution in [1.82, 2.24) is 9.55 Å². The van der Waals surface area contributed by atoms with Crippen molar-refractivity contribution in [1.29, 1.82) is 0 Å². The lowest BCUT2D eigenvalue weighted by Crippen LogP contribution is -2.27. The summed E-state index contributed by atoms with van der Waals surface area (Å²) in [4.78, 5) is 37.3. The summed E-state index contributed by atoms with van der Waals surface area (Å²) in [5.74, 6) is -1.26. The summed E-state index contributed by atoms with van der Waals surface area (Å²) < 4.78 is 10.2. The Morgan fingerprint density at radius 3 is 2.28 bits per heavy atom. The van der Waals surface area contributed by atoms with Gasteiger partial charge in [-0.3, -0.25) is 14.2 Å². The van der Waals surface area contributed by atoms with Gasteiger partial charge in [0.15, 0.2) is 17.8 Å². The Morgan fingerprint density at radius 2 is 1.89 bits per heavy atom. The van der Waals surface area contributed by atoms with Crippen molar-refractivity contribution in [2.75, 3.05) is 14.2 Å². The first-order valence-corrected chi connectivity index (χ1v) is 5.25. The molecule has 0 aromatic carbocycles. The highest BCUT2D eigenvalue weighted by atomic mass is 16.5. The molecule has 0 aliphatic carbocycles. The molecule has 0 fully saturated rings. The third kappa shape index (κ3) is 2.93. The molecule has 1 aromatic rings. The van der Waals surface area contributed by atoms with Crippen LogP contribution in [0.15, 0.2) is 4.79 Å². The molecule has 18 heavy (non-hydrogen) atoms. The van der Waals surface area contributed by atoms with E-state index in [1.807, 2.05) is 13.8 Å². The molecular formula is C11H16N2O5. The van der Waals surface area contributed by atoms with Gasteiger partial charge >= 0.3 is 5.97 Å². The third-order valence-electron chi connectivity index (χ3n) is 1.97. The van der Waals surface area contributed by atoms with Gasteiger partial charge in [-0.2, -0.15) is 0 Å². The molecule has 0 aliphatic heterocycles. The fraction of sp³-hybridized carbons (Fsp3) is 0.455. The second kappa shape index (κ2) is 7.21. The molecule has 0 radical (unpaired) electrons. The molecule has 0 unspecified atom stereocenters. The van der Waals surface area contributed by atoms with Gasteiger partial charge in [0.2, 0.25) is 5.75 Å². The number of esters is 1. The normalized spacial score (nSPS) is 8.94. The minimum atomic E-state index is -0.836. The maximum Gasteiger partial charge on any atom is 0.360 e. The van der Waals surface area contributed by atoms with E-state index in [0.29, 0.717) is 6.29 Å². The van der Waals surface area contributed by atoms with Gasteiger partial charge in [0, 0.05) is 7.05 Å². The van der Waals surface area contributed by atoms with E-state index >= 15 is 0 Å². The van der Waals surface area contributed by atoms with Crippen LogP contribution in [0, 0.1) is 0 Å². The lowest BCUT2D eigenvalue weighted by molar-refractivity contribution is 0.0589. The van der Waals surface area contributed by atoms with E-state index in [4.69, 9.17) is 4.74 Å². The van der Waals surface area contributed by atoms with Crippen LogP contribution in [0.3, 0.4) is 0 Å². The van der Waals surface area contributed by atoms with Crippen LogP contribution in [0.1, 0.15) is 35.0 Å². The number of hydrogen-bond donors (Lipinski definition) is 0. The van der Waals surface area contributed by atoms with Gasteiger partial charge in [0.05, 0.1) is 14.2 Å². The van der Waals surface area contributed by atoms with Crippen LogP contribution in [-0.4, -0.2) is 36.0 Å². The Balaban J connectivity index is 0.00000137. The zero-order valence-corrected chi connectivity index (χ0v) is 11.0. The number of methoxy groups -OCH3 is 2. The molecule has 7 nitrogen and oxygen atoms in total. The molecule has 0 N–H and O–H groups in total. The zero-order chi connectivity index (χ0) is 14.3. The van der Waals surface area contributed by atoms with E-state index in [1.54, 1.807) is 0 Å². The van der Waals surface area contributed by atoms with Crippen molar-refractivity contribution in [2.45, 2.75) is 13.8 Å². The van der Waals surface area contributed by atoms with Gasteiger partial charge in [-0.15, -0.1) is 0 Å². The van der Waals surface area contributed by atoms with Crippen LogP contribution in [0.2, 0.25) is 0 Å². The van der Waals surface area contributed by atoms with Gasteiger partial charge in [0.25, 0.3) is 5.56 Å². The number of nitrogens with zero attached hydrogens (tertiary/aromatic N) is 2. The van der Waals surface area contributed by atoms with Crippen LogP contribution in [0.5, 0.6) is 5.75 Å². The van der Waals surface area contributed by atoms with Crippen molar-refractivity contribution in [2.24, 2.45) is 7.05 Å². The molecule has 1 rings (SSSR count). The first kappa shape index (κ1) is 15.8. The number of hydrogen-bond acceptors (Lipinski definition) is 6. The Kier molecular flexibility index (Phi) is 6.33. The van der Waals surface area contributed by atoms with Crippen LogP contribution in [0.25, 0.3) is 0 Å². The summed E-state index contributed by atoms with van der Waals surface area (Å²) in [6.45, 7) is 4.00. The molecule has 1 aromatic heterocycles. The number of aromatic nitrogens is 2. The van der Waals surface area contributed by atoms with Crippen molar-refractivity contribution < 1.29 is 19.1 Å². The topological polar surface area (TPSA) is 87.5 Å². The number of carbonyl (C=O) groups excluding carboxylic acids is 2. The molecule has 0 saturated carbocycles. The molecule has 7 heteroatoms.